The Hall–Kier alpha value is -2.30. The largest absolute Gasteiger partial charge is 0.506 e. The minimum absolute atomic E-state index is 0.154. The lowest BCUT2D eigenvalue weighted by atomic mass is 9.99. The lowest BCUT2D eigenvalue weighted by molar-refractivity contribution is -0.680. The van der Waals surface area contributed by atoms with Gasteiger partial charge in [-0.2, -0.15) is 4.57 Å². The molecule has 2 N–H and O–H groups in total. The molecule has 1 aliphatic rings. The summed E-state index contributed by atoms with van der Waals surface area (Å²) in [7, 11) is 0. The van der Waals surface area contributed by atoms with Crippen molar-refractivity contribution in [3.8, 4) is 11.6 Å². The zero-order chi connectivity index (χ0) is 14.3. The molecule has 0 saturated carbocycles. The van der Waals surface area contributed by atoms with Crippen molar-refractivity contribution in [2.24, 2.45) is 0 Å². The third-order valence-electron chi connectivity index (χ3n) is 3.67. The summed E-state index contributed by atoms with van der Waals surface area (Å²) in [6.07, 6.45) is 1.78. The van der Waals surface area contributed by atoms with E-state index in [1.54, 1.807) is 17.6 Å². The fourth-order valence-corrected chi connectivity index (χ4v) is 2.82. The van der Waals surface area contributed by atoms with E-state index in [4.69, 9.17) is 4.74 Å². The Kier molecular flexibility index (Phi) is 2.97. The summed E-state index contributed by atoms with van der Waals surface area (Å²) in [4.78, 5) is 11.9. The molecule has 2 aromatic rings. The molecule has 0 aliphatic carbocycles. The number of hydrogen-bond donors (Lipinski definition) is 2. The fourth-order valence-electron chi connectivity index (χ4n) is 2.82. The molecule has 1 aromatic carbocycles. The van der Waals surface area contributed by atoms with Crippen molar-refractivity contribution in [2.75, 3.05) is 6.61 Å². The van der Waals surface area contributed by atoms with E-state index in [0.717, 1.165) is 23.9 Å². The van der Waals surface area contributed by atoms with Crippen LogP contribution in [0.25, 0.3) is 10.9 Å². The Labute approximate surface area is 116 Å². The molecule has 0 radical (unpaired) electrons. The van der Waals surface area contributed by atoms with Crippen molar-refractivity contribution in [3.63, 3.8) is 0 Å². The quantitative estimate of drug-likeness (QED) is 0.645. The van der Waals surface area contributed by atoms with Crippen LogP contribution in [0.1, 0.15) is 29.3 Å². The second-order valence-corrected chi connectivity index (χ2v) is 4.84. The number of hydrogen-bond acceptors (Lipinski definition) is 4. The van der Waals surface area contributed by atoms with Crippen LogP contribution in [-0.4, -0.2) is 22.8 Å². The highest BCUT2D eigenvalue weighted by atomic mass is 16.5. The van der Waals surface area contributed by atoms with Crippen LogP contribution in [0.5, 0.6) is 11.6 Å². The molecule has 2 heterocycles. The minimum Gasteiger partial charge on any atom is -0.506 e. The number of para-hydroxylation sites is 1. The number of aromatic hydroxyl groups is 2. The van der Waals surface area contributed by atoms with Gasteiger partial charge in [0, 0.05) is 12.0 Å². The van der Waals surface area contributed by atoms with Crippen molar-refractivity contribution in [1.82, 2.24) is 0 Å². The van der Waals surface area contributed by atoms with Crippen LogP contribution in [0.15, 0.2) is 18.2 Å². The molecule has 104 valence electrons. The van der Waals surface area contributed by atoms with E-state index in [0.29, 0.717) is 11.9 Å². The Bertz CT molecular complexity index is 709. The Balaban J connectivity index is 2.36. The van der Waals surface area contributed by atoms with E-state index < -0.39 is 5.97 Å². The van der Waals surface area contributed by atoms with Crippen molar-refractivity contribution in [1.29, 1.82) is 0 Å². The van der Waals surface area contributed by atoms with Gasteiger partial charge in [0.25, 0.3) is 0 Å². The van der Waals surface area contributed by atoms with Gasteiger partial charge in [-0.15, -0.1) is 0 Å². The highest BCUT2D eigenvalue weighted by molar-refractivity contribution is 6.01. The first-order valence-corrected chi connectivity index (χ1v) is 6.71. The molecule has 0 bridgehead atoms. The van der Waals surface area contributed by atoms with Gasteiger partial charge in [0.1, 0.15) is 0 Å². The average molecular weight is 274 g/mol. The van der Waals surface area contributed by atoms with Crippen LogP contribution in [0.2, 0.25) is 0 Å². The molecular weight excluding hydrogens is 258 g/mol. The number of aryl methyl sites for hydroxylation is 2. The number of benzene rings is 1. The average Bonchev–Trinajstić information content (AvgIpc) is 2.45. The zero-order valence-corrected chi connectivity index (χ0v) is 11.2. The van der Waals surface area contributed by atoms with Crippen molar-refractivity contribution in [2.45, 2.75) is 26.3 Å². The van der Waals surface area contributed by atoms with E-state index in [2.05, 4.69) is 0 Å². The first-order valence-electron chi connectivity index (χ1n) is 6.71. The van der Waals surface area contributed by atoms with Gasteiger partial charge < -0.3 is 14.9 Å². The second-order valence-electron chi connectivity index (χ2n) is 4.84. The lowest BCUT2D eigenvalue weighted by Gasteiger charge is -2.15. The monoisotopic (exact) mass is 274 g/mol. The SMILES string of the molecule is CCOC(=O)c1c(O)c2cccc3c2[n+](c1O)CCC3. The topological polar surface area (TPSA) is 70.6 Å². The summed E-state index contributed by atoms with van der Waals surface area (Å²) in [6.45, 7) is 2.49. The lowest BCUT2D eigenvalue weighted by Crippen LogP contribution is -2.39. The maximum absolute atomic E-state index is 11.9. The van der Waals surface area contributed by atoms with Crippen LogP contribution < -0.4 is 4.57 Å². The molecule has 0 unspecified atom stereocenters. The van der Waals surface area contributed by atoms with Gasteiger partial charge in [-0.1, -0.05) is 12.1 Å². The van der Waals surface area contributed by atoms with Gasteiger partial charge in [0.05, 0.1) is 12.0 Å². The summed E-state index contributed by atoms with van der Waals surface area (Å²) in [6, 6.07) is 5.57. The predicted octanol–water partition coefficient (Wildman–Crippen LogP) is 1.66. The van der Waals surface area contributed by atoms with Gasteiger partial charge in [-0.25, -0.2) is 4.79 Å². The first-order chi connectivity index (χ1) is 9.65. The highest BCUT2D eigenvalue weighted by Gasteiger charge is 2.34. The molecule has 20 heavy (non-hydrogen) atoms. The summed E-state index contributed by atoms with van der Waals surface area (Å²) in [5.74, 6) is -1.14. The number of esters is 1. The Morgan fingerprint density at radius 3 is 2.95 bits per heavy atom. The highest BCUT2D eigenvalue weighted by Crippen LogP contribution is 2.35. The van der Waals surface area contributed by atoms with Gasteiger partial charge >= 0.3 is 11.8 Å². The van der Waals surface area contributed by atoms with Gasteiger partial charge in [0.2, 0.25) is 11.1 Å². The molecule has 5 heteroatoms. The minimum atomic E-state index is -0.705. The molecule has 0 spiro atoms. The summed E-state index contributed by atoms with van der Waals surface area (Å²) in [5, 5.41) is 21.2. The molecular formula is C15H16NO4+. The third-order valence-corrected chi connectivity index (χ3v) is 3.67. The van der Waals surface area contributed by atoms with Gasteiger partial charge in [-0.3, -0.25) is 0 Å². The number of rotatable bonds is 2. The number of carbonyl (C=O) groups excluding carboxylic acids is 1. The van der Waals surface area contributed by atoms with Crippen LogP contribution in [0, 0.1) is 0 Å². The normalized spacial score (nSPS) is 13.4. The molecule has 1 aliphatic heterocycles. The Morgan fingerprint density at radius 2 is 2.20 bits per heavy atom. The standard InChI is InChI=1S/C15H15NO4/c1-2-20-15(19)11-13(17)10-7-3-5-9-6-4-8-16(12(9)10)14(11)18/h3,5,7H,2,4,6,8H2,1H3,(H,17,18,19)/p+1. The molecule has 0 amide bonds. The summed E-state index contributed by atoms with van der Waals surface area (Å²) in [5.41, 5.74) is 1.70. The fraction of sp³-hybridized carbons (Fsp3) is 0.333. The van der Waals surface area contributed by atoms with Crippen molar-refractivity contribution < 1.29 is 24.3 Å². The van der Waals surface area contributed by atoms with Gasteiger partial charge in [-0.05, 0) is 19.4 Å². The van der Waals surface area contributed by atoms with E-state index in [-0.39, 0.29) is 23.8 Å². The maximum atomic E-state index is 11.9. The number of carbonyl (C=O) groups is 1. The Morgan fingerprint density at radius 1 is 1.40 bits per heavy atom. The summed E-state index contributed by atoms with van der Waals surface area (Å²) >= 11 is 0. The van der Waals surface area contributed by atoms with E-state index >= 15 is 0 Å². The molecule has 0 fully saturated rings. The van der Waals surface area contributed by atoms with Crippen molar-refractivity contribution >= 4 is 16.9 Å². The molecule has 0 atom stereocenters. The first kappa shape index (κ1) is 12.7. The smallest absolute Gasteiger partial charge is 0.384 e. The molecule has 0 saturated heterocycles. The van der Waals surface area contributed by atoms with E-state index in [1.165, 1.54) is 0 Å². The van der Waals surface area contributed by atoms with Crippen LogP contribution in [0.4, 0.5) is 0 Å². The van der Waals surface area contributed by atoms with Crippen LogP contribution >= 0.6 is 0 Å². The predicted molar refractivity (Wildman–Crippen MR) is 71.8 cm³/mol. The second kappa shape index (κ2) is 4.67. The third kappa shape index (κ3) is 1.70. The molecule has 1 aromatic heterocycles. The maximum Gasteiger partial charge on any atom is 0.384 e. The number of ether oxygens (including phenoxy) is 1. The summed E-state index contributed by atoms with van der Waals surface area (Å²) < 4.78 is 6.59. The van der Waals surface area contributed by atoms with Crippen LogP contribution in [-0.2, 0) is 17.7 Å². The van der Waals surface area contributed by atoms with Crippen LogP contribution in [0.3, 0.4) is 0 Å². The number of aromatic nitrogens is 1. The molecule has 3 rings (SSSR count). The van der Waals surface area contributed by atoms with Crippen molar-refractivity contribution in [3.05, 3.63) is 29.3 Å². The molecule has 5 nitrogen and oxygen atoms in total. The number of nitrogens with zero attached hydrogens (tertiary/aromatic N) is 1. The van der Waals surface area contributed by atoms with E-state index in [9.17, 15) is 15.0 Å². The van der Waals surface area contributed by atoms with E-state index in [1.807, 2.05) is 12.1 Å². The number of pyridine rings is 1. The zero-order valence-electron chi connectivity index (χ0n) is 11.2. The van der Waals surface area contributed by atoms with Gasteiger partial charge in [0.15, 0.2) is 12.3 Å².